The van der Waals surface area contributed by atoms with Crippen LogP contribution in [0.25, 0.3) is 0 Å². The van der Waals surface area contributed by atoms with Crippen molar-refractivity contribution in [3.05, 3.63) is 35.4 Å². The third kappa shape index (κ3) is 4.08. The van der Waals surface area contributed by atoms with Crippen LogP contribution < -0.4 is 11.1 Å². The number of nitrogens with two attached hydrogens (primary N) is 1. The van der Waals surface area contributed by atoms with Crippen molar-refractivity contribution in [2.24, 2.45) is 17.6 Å². The second-order valence-electron chi connectivity index (χ2n) is 7.25. The monoisotopic (exact) mass is 329 g/mol. The van der Waals surface area contributed by atoms with Crippen molar-refractivity contribution < 1.29 is 9.59 Å². The van der Waals surface area contributed by atoms with Gasteiger partial charge in [0.1, 0.15) is 0 Å². The summed E-state index contributed by atoms with van der Waals surface area (Å²) >= 11 is 0. The lowest BCUT2D eigenvalue weighted by Crippen LogP contribution is -2.47. The maximum absolute atomic E-state index is 12.8. The van der Waals surface area contributed by atoms with Crippen LogP contribution in [0.2, 0.25) is 0 Å². The normalized spacial score (nSPS) is 22.0. The van der Waals surface area contributed by atoms with E-state index in [0.717, 1.165) is 19.4 Å². The molecule has 1 aromatic carbocycles. The number of urea groups is 1. The molecule has 2 fully saturated rings. The fourth-order valence-electron chi connectivity index (χ4n) is 3.74. The van der Waals surface area contributed by atoms with E-state index in [2.05, 4.69) is 24.4 Å². The molecule has 0 radical (unpaired) electrons. The largest absolute Gasteiger partial charge is 0.370 e. The van der Waals surface area contributed by atoms with Crippen LogP contribution in [0.5, 0.6) is 0 Å². The van der Waals surface area contributed by atoms with E-state index in [1.807, 2.05) is 17.0 Å². The second kappa shape index (κ2) is 7.24. The first kappa shape index (κ1) is 16.8. The molecule has 1 saturated heterocycles. The topological polar surface area (TPSA) is 75.4 Å². The maximum Gasteiger partial charge on any atom is 0.317 e. The number of carbonyl (C=O) groups is 2. The zero-order chi connectivity index (χ0) is 17.1. The number of piperidine rings is 1. The van der Waals surface area contributed by atoms with E-state index in [1.165, 1.54) is 24.0 Å². The Morgan fingerprint density at radius 2 is 2.04 bits per heavy atom. The first-order chi connectivity index (χ1) is 11.5. The smallest absolute Gasteiger partial charge is 0.317 e. The molecule has 3 amide bonds. The van der Waals surface area contributed by atoms with Gasteiger partial charge in [-0.05, 0) is 55.6 Å². The highest BCUT2D eigenvalue weighted by Gasteiger charge is 2.35. The molecule has 0 spiro atoms. The van der Waals surface area contributed by atoms with Gasteiger partial charge in [-0.3, -0.25) is 4.79 Å². The molecule has 2 atom stereocenters. The molecule has 1 aromatic rings. The minimum absolute atomic E-state index is 0.00989. The van der Waals surface area contributed by atoms with Crippen molar-refractivity contribution in [2.45, 2.75) is 45.1 Å². The Bertz CT molecular complexity index is 612. The number of aryl methyl sites for hydroxylation is 1. The predicted molar refractivity (Wildman–Crippen MR) is 93.3 cm³/mol. The number of benzene rings is 1. The number of hydrogen-bond acceptors (Lipinski definition) is 2. The van der Waals surface area contributed by atoms with Crippen LogP contribution in [0.15, 0.2) is 24.3 Å². The predicted octanol–water partition coefficient (Wildman–Crippen LogP) is 2.74. The van der Waals surface area contributed by atoms with E-state index in [9.17, 15) is 9.59 Å². The Morgan fingerprint density at radius 1 is 1.29 bits per heavy atom. The Balaban J connectivity index is 1.66. The van der Waals surface area contributed by atoms with Gasteiger partial charge in [-0.2, -0.15) is 0 Å². The summed E-state index contributed by atoms with van der Waals surface area (Å²) in [6.07, 6.45) is 4.61. The molecule has 0 bridgehead atoms. The average molecular weight is 329 g/mol. The average Bonchev–Trinajstić information content (AvgIpc) is 3.37. The fourth-order valence-corrected chi connectivity index (χ4v) is 3.74. The second-order valence-corrected chi connectivity index (χ2v) is 7.25. The van der Waals surface area contributed by atoms with Crippen LogP contribution in [-0.2, 0) is 4.79 Å². The van der Waals surface area contributed by atoms with Crippen molar-refractivity contribution in [3.63, 3.8) is 0 Å². The minimum atomic E-state index is -0.280. The van der Waals surface area contributed by atoms with E-state index in [4.69, 9.17) is 5.73 Å². The third-order valence-corrected chi connectivity index (χ3v) is 5.19. The van der Waals surface area contributed by atoms with Gasteiger partial charge in [-0.25, -0.2) is 4.79 Å². The Labute approximate surface area is 143 Å². The summed E-state index contributed by atoms with van der Waals surface area (Å²) < 4.78 is 0. The standard InChI is InChI=1S/C19H27N3O2/c1-13-5-2-3-7-16(13)18(15-8-9-15)21-19(24)22-10-4-6-14(12-22)11-17(20)23/h2-3,5,7,14-15,18H,4,6,8-12H2,1H3,(H2,20,23)(H,21,24)/t14-,18-/m1/s1. The van der Waals surface area contributed by atoms with Crippen molar-refractivity contribution in [1.82, 2.24) is 10.2 Å². The summed E-state index contributed by atoms with van der Waals surface area (Å²) in [5, 5.41) is 3.25. The minimum Gasteiger partial charge on any atom is -0.370 e. The van der Waals surface area contributed by atoms with Gasteiger partial charge in [-0.15, -0.1) is 0 Å². The van der Waals surface area contributed by atoms with Crippen LogP contribution in [0.1, 0.15) is 49.3 Å². The van der Waals surface area contributed by atoms with Crippen molar-refractivity contribution in [3.8, 4) is 0 Å². The van der Waals surface area contributed by atoms with E-state index in [-0.39, 0.29) is 23.9 Å². The summed E-state index contributed by atoms with van der Waals surface area (Å²) in [7, 11) is 0. The highest BCUT2D eigenvalue weighted by atomic mass is 16.2. The van der Waals surface area contributed by atoms with Gasteiger partial charge in [0.15, 0.2) is 0 Å². The zero-order valence-corrected chi connectivity index (χ0v) is 14.3. The summed E-state index contributed by atoms with van der Waals surface area (Å²) in [6.45, 7) is 3.48. The van der Waals surface area contributed by atoms with E-state index in [1.54, 1.807) is 0 Å². The van der Waals surface area contributed by atoms with Gasteiger partial charge in [0.2, 0.25) is 5.91 Å². The SMILES string of the molecule is Cc1ccccc1[C@H](NC(=O)N1CCC[C@H](CC(N)=O)C1)C1CC1. The fraction of sp³-hybridized carbons (Fsp3) is 0.579. The summed E-state index contributed by atoms with van der Waals surface area (Å²) in [5.74, 6) is 0.458. The van der Waals surface area contributed by atoms with Gasteiger partial charge in [0.05, 0.1) is 6.04 Å². The lowest BCUT2D eigenvalue weighted by Gasteiger charge is -2.34. The molecule has 5 nitrogen and oxygen atoms in total. The highest BCUT2D eigenvalue weighted by Crippen LogP contribution is 2.42. The highest BCUT2D eigenvalue weighted by molar-refractivity contribution is 5.76. The van der Waals surface area contributed by atoms with Crippen molar-refractivity contribution >= 4 is 11.9 Å². The molecule has 1 saturated carbocycles. The van der Waals surface area contributed by atoms with Crippen molar-refractivity contribution in [2.75, 3.05) is 13.1 Å². The molecule has 130 valence electrons. The first-order valence-electron chi connectivity index (χ1n) is 8.94. The van der Waals surface area contributed by atoms with Crippen LogP contribution in [-0.4, -0.2) is 29.9 Å². The quantitative estimate of drug-likeness (QED) is 0.871. The third-order valence-electron chi connectivity index (χ3n) is 5.19. The molecule has 0 aromatic heterocycles. The van der Waals surface area contributed by atoms with Crippen LogP contribution in [0.3, 0.4) is 0 Å². The summed E-state index contributed by atoms with van der Waals surface area (Å²) in [6, 6.07) is 8.36. The molecule has 5 heteroatoms. The zero-order valence-electron chi connectivity index (χ0n) is 14.3. The first-order valence-corrected chi connectivity index (χ1v) is 8.94. The molecule has 2 aliphatic rings. The molecule has 1 aliphatic heterocycles. The lowest BCUT2D eigenvalue weighted by molar-refractivity contribution is -0.119. The molecule has 24 heavy (non-hydrogen) atoms. The van der Waals surface area contributed by atoms with Gasteiger partial charge in [0, 0.05) is 19.5 Å². The maximum atomic E-state index is 12.8. The molecular weight excluding hydrogens is 302 g/mol. The molecular formula is C19H27N3O2. The number of carbonyl (C=O) groups excluding carboxylic acids is 2. The van der Waals surface area contributed by atoms with E-state index >= 15 is 0 Å². The Kier molecular flexibility index (Phi) is 5.07. The van der Waals surface area contributed by atoms with Crippen LogP contribution in [0.4, 0.5) is 4.79 Å². The number of likely N-dealkylation sites (tertiary alicyclic amines) is 1. The molecule has 3 rings (SSSR count). The number of nitrogens with zero attached hydrogens (tertiary/aromatic N) is 1. The number of rotatable bonds is 5. The Hall–Kier alpha value is -2.04. The van der Waals surface area contributed by atoms with Gasteiger partial charge < -0.3 is 16.0 Å². The van der Waals surface area contributed by atoms with Gasteiger partial charge in [0.25, 0.3) is 0 Å². The van der Waals surface area contributed by atoms with E-state index < -0.39 is 0 Å². The number of primary amides is 1. The number of amides is 3. The van der Waals surface area contributed by atoms with Crippen LogP contribution >= 0.6 is 0 Å². The number of nitrogens with one attached hydrogen (secondary N) is 1. The summed E-state index contributed by atoms with van der Waals surface area (Å²) in [5.41, 5.74) is 7.75. The van der Waals surface area contributed by atoms with Gasteiger partial charge >= 0.3 is 6.03 Å². The summed E-state index contributed by atoms with van der Waals surface area (Å²) in [4.78, 5) is 25.8. The number of hydrogen-bond donors (Lipinski definition) is 2. The Morgan fingerprint density at radius 3 is 2.71 bits per heavy atom. The molecule has 3 N–H and O–H groups in total. The van der Waals surface area contributed by atoms with E-state index in [0.29, 0.717) is 18.9 Å². The van der Waals surface area contributed by atoms with Gasteiger partial charge in [-0.1, -0.05) is 24.3 Å². The van der Waals surface area contributed by atoms with Crippen molar-refractivity contribution in [1.29, 1.82) is 0 Å². The molecule has 1 aliphatic carbocycles. The lowest BCUT2D eigenvalue weighted by atomic mass is 9.94. The van der Waals surface area contributed by atoms with Crippen LogP contribution in [0, 0.1) is 18.8 Å². The molecule has 1 heterocycles. The molecule has 0 unspecified atom stereocenters.